The molecule has 0 bridgehead atoms. The minimum Gasteiger partial charge on any atom is -0.497 e. The quantitative estimate of drug-likeness (QED) is 0.374. The summed E-state index contributed by atoms with van der Waals surface area (Å²) in [5, 5.41) is 2.86. The van der Waals surface area contributed by atoms with E-state index in [2.05, 4.69) is 5.32 Å². The van der Waals surface area contributed by atoms with Crippen LogP contribution in [-0.2, 0) is 26.3 Å². The van der Waals surface area contributed by atoms with Crippen LogP contribution in [0.1, 0.15) is 38.7 Å². The average molecular weight is 537 g/mol. The van der Waals surface area contributed by atoms with Crippen LogP contribution in [-0.4, -0.2) is 69.8 Å². The molecule has 1 atom stereocenters. The van der Waals surface area contributed by atoms with Crippen molar-refractivity contribution < 1.29 is 27.1 Å². The Morgan fingerprint density at radius 1 is 1.08 bits per heavy atom. The number of ether oxygens (including phenoxy) is 1. The highest BCUT2D eigenvalue weighted by molar-refractivity contribution is 7.90. The second-order valence-electron chi connectivity index (χ2n) is 8.69. The van der Waals surface area contributed by atoms with Gasteiger partial charge in [-0.1, -0.05) is 44.5 Å². The molecule has 0 fully saturated rings. The molecule has 2 aromatic rings. The van der Waals surface area contributed by atoms with Crippen LogP contribution in [0.2, 0.25) is 0 Å². The SMILES string of the molecule is CCCCNC(=O)C(CC)N(Cc1cccc(OC)c1)C(=O)CN(c1ccccc1F)S(=O)(=O)N(C)C. The number of carbonyl (C=O) groups is 2. The van der Waals surface area contributed by atoms with Crippen LogP contribution >= 0.6 is 0 Å². The molecule has 204 valence electrons. The van der Waals surface area contributed by atoms with Gasteiger partial charge in [0.25, 0.3) is 0 Å². The first-order valence-electron chi connectivity index (χ1n) is 12.2. The van der Waals surface area contributed by atoms with E-state index in [0.29, 0.717) is 24.3 Å². The molecule has 11 heteroatoms. The van der Waals surface area contributed by atoms with Gasteiger partial charge in [0.2, 0.25) is 11.8 Å². The number of rotatable bonds is 14. The summed E-state index contributed by atoms with van der Waals surface area (Å²) in [4.78, 5) is 28.2. The van der Waals surface area contributed by atoms with Gasteiger partial charge in [-0.3, -0.25) is 9.59 Å². The van der Waals surface area contributed by atoms with E-state index in [-0.39, 0.29) is 18.1 Å². The van der Waals surface area contributed by atoms with Crippen molar-refractivity contribution in [2.24, 2.45) is 0 Å². The van der Waals surface area contributed by atoms with Gasteiger partial charge in [0.1, 0.15) is 24.2 Å². The number of nitrogens with zero attached hydrogens (tertiary/aromatic N) is 3. The second-order valence-corrected chi connectivity index (χ2v) is 10.8. The zero-order valence-electron chi connectivity index (χ0n) is 22.1. The average Bonchev–Trinajstić information content (AvgIpc) is 2.87. The molecule has 0 aliphatic rings. The molecular weight excluding hydrogens is 499 g/mol. The Balaban J connectivity index is 2.50. The summed E-state index contributed by atoms with van der Waals surface area (Å²) < 4.78 is 47.9. The largest absolute Gasteiger partial charge is 0.497 e. The number of hydrogen-bond acceptors (Lipinski definition) is 5. The summed E-state index contributed by atoms with van der Waals surface area (Å²) in [7, 11) is -0.107. The Morgan fingerprint density at radius 3 is 2.38 bits per heavy atom. The van der Waals surface area contributed by atoms with Crippen LogP contribution in [0, 0.1) is 5.82 Å². The lowest BCUT2D eigenvalue weighted by Gasteiger charge is -2.34. The van der Waals surface area contributed by atoms with E-state index in [1.54, 1.807) is 31.2 Å². The van der Waals surface area contributed by atoms with Crippen molar-refractivity contribution in [2.45, 2.75) is 45.7 Å². The Bertz CT molecular complexity index is 1160. The van der Waals surface area contributed by atoms with E-state index in [1.807, 2.05) is 6.92 Å². The number of hydrogen-bond donors (Lipinski definition) is 1. The molecule has 9 nitrogen and oxygen atoms in total. The van der Waals surface area contributed by atoms with Gasteiger partial charge in [-0.05, 0) is 42.7 Å². The molecule has 0 saturated heterocycles. The lowest BCUT2D eigenvalue weighted by molar-refractivity contribution is -0.140. The number of carbonyl (C=O) groups excluding carboxylic acids is 2. The summed E-state index contributed by atoms with van der Waals surface area (Å²) in [5.41, 5.74) is 0.437. The van der Waals surface area contributed by atoms with E-state index in [9.17, 15) is 22.4 Å². The number of amides is 2. The van der Waals surface area contributed by atoms with Crippen LogP contribution in [0.15, 0.2) is 48.5 Å². The Kier molecular flexibility index (Phi) is 11.3. The number of anilines is 1. The third kappa shape index (κ3) is 7.90. The number of halogens is 1. The molecule has 1 N–H and O–H groups in total. The van der Waals surface area contributed by atoms with Crippen molar-refractivity contribution >= 4 is 27.7 Å². The first kappa shape index (κ1) is 30.0. The molecular formula is C26H37FN4O5S. The first-order chi connectivity index (χ1) is 17.6. The summed E-state index contributed by atoms with van der Waals surface area (Å²) in [6, 6.07) is 11.5. The highest BCUT2D eigenvalue weighted by Crippen LogP contribution is 2.24. The van der Waals surface area contributed by atoms with E-state index in [4.69, 9.17) is 4.74 Å². The van der Waals surface area contributed by atoms with Crippen LogP contribution in [0.25, 0.3) is 0 Å². The van der Waals surface area contributed by atoms with E-state index in [1.165, 1.54) is 44.3 Å². The van der Waals surface area contributed by atoms with Crippen molar-refractivity contribution in [2.75, 3.05) is 38.6 Å². The monoisotopic (exact) mass is 536 g/mol. The molecule has 1 unspecified atom stereocenters. The highest BCUT2D eigenvalue weighted by atomic mass is 32.2. The van der Waals surface area contributed by atoms with Crippen molar-refractivity contribution in [1.29, 1.82) is 0 Å². The van der Waals surface area contributed by atoms with Gasteiger partial charge in [-0.2, -0.15) is 12.7 Å². The van der Waals surface area contributed by atoms with Gasteiger partial charge in [0.15, 0.2) is 0 Å². The standard InChI is InChI=1S/C26H37FN4O5S/c1-6-8-16-28-26(33)23(7-2)30(18-20-12-11-13-21(17-20)36-5)25(32)19-31(37(34,35)29(3)4)24-15-10-9-14-22(24)27/h9-15,17,23H,6-8,16,18-19H2,1-5H3,(H,28,33). The fraction of sp³-hybridized carbons (Fsp3) is 0.462. The number of nitrogens with one attached hydrogen (secondary N) is 1. The van der Waals surface area contributed by atoms with Gasteiger partial charge >= 0.3 is 10.2 Å². The molecule has 0 saturated carbocycles. The number of benzene rings is 2. The molecule has 0 aromatic heterocycles. The summed E-state index contributed by atoms with van der Waals surface area (Å²) >= 11 is 0. The van der Waals surface area contributed by atoms with Crippen molar-refractivity contribution in [3.05, 3.63) is 59.9 Å². The zero-order valence-corrected chi connectivity index (χ0v) is 22.9. The van der Waals surface area contributed by atoms with Gasteiger partial charge in [0, 0.05) is 27.2 Å². The predicted octanol–water partition coefficient (Wildman–Crippen LogP) is 3.17. The fourth-order valence-electron chi connectivity index (χ4n) is 3.75. The van der Waals surface area contributed by atoms with Crippen LogP contribution in [0.4, 0.5) is 10.1 Å². The predicted molar refractivity (Wildman–Crippen MR) is 142 cm³/mol. The van der Waals surface area contributed by atoms with Gasteiger partial charge in [-0.15, -0.1) is 0 Å². The fourth-order valence-corrected chi connectivity index (χ4v) is 4.81. The second kappa shape index (κ2) is 13.9. The normalized spacial score (nSPS) is 12.2. The molecule has 0 radical (unpaired) electrons. The van der Waals surface area contributed by atoms with E-state index < -0.39 is 34.5 Å². The lowest BCUT2D eigenvalue weighted by atomic mass is 10.1. The van der Waals surface area contributed by atoms with Gasteiger partial charge in [-0.25, -0.2) is 8.70 Å². The molecule has 0 aliphatic heterocycles. The minimum atomic E-state index is -4.24. The van der Waals surface area contributed by atoms with Gasteiger partial charge < -0.3 is 15.0 Å². The Labute approximate surface area is 219 Å². The van der Waals surface area contributed by atoms with Crippen LogP contribution < -0.4 is 14.4 Å². The first-order valence-corrected chi connectivity index (χ1v) is 13.6. The number of methoxy groups -OCH3 is 1. The maximum absolute atomic E-state index is 14.7. The summed E-state index contributed by atoms with van der Waals surface area (Å²) in [6.45, 7) is 3.59. The van der Waals surface area contributed by atoms with E-state index in [0.717, 1.165) is 27.5 Å². The highest BCUT2D eigenvalue weighted by Gasteiger charge is 2.34. The maximum Gasteiger partial charge on any atom is 0.304 e. The minimum absolute atomic E-state index is 0.0306. The lowest BCUT2D eigenvalue weighted by Crippen LogP contribution is -2.53. The zero-order chi connectivity index (χ0) is 27.6. The van der Waals surface area contributed by atoms with Crippen LogP contribution in [0.3, 0.4) is 0 Å². The summed E-state index contributed by atoms with van der Waals surface area (Å²) in [5.74, 6) is -1.19. The molecule has 2 aromatic carbocycles. The summed E-state index contributed by atoms with van der Waals surface area (Å²) in [6.07, 6.45) is 1.98. The Morgan fingerprint density at radius 2 is 1.78 bits per heavy atom. The van der Waals surface area contributed by atoms with Crippen molar-refractivity contribution in [3.63, 3.8) is 0 Å². The molecule has 2 amide bonds. The van der Waals surface area contributed by atoms with Crippen LogP contribution in [0.5, 0.6) is 5.75 Å². The Hall–Kier alpha value is -3.18. The molecule has 0 heterocycles. The maximum atomic E-state index is 14.7. The molecule has 2 rings (SSSR count). The number of para-hydroxylation sites is 1. The third-order valence-corrected chi connectivity index (χ3v) is 7.65. The molecule has 0 spiro atoms. The number of unbranched alkanes of at least 4 members (excludes halogenated alkanes) is 1. The topological polar surface area (TPSA) is 99.3 Å². The molecule has 0 aliphatic carbocycles. The van der Waals surface area contributed by atoms with Crippen molar-refractivity contribution in [3.8, 4) is 5.75 Å². The molecule has 37 heavy (non-hydrogen) atoms. The van der Waals surface area contributed by atoms with Gasteiger partial charge in [0.05, 0.1) is 12.8 Å². The van der Waals surface area contributed by atoms with Crippen molar-refractivity contribution in [1.82, 2.24) is 14.5 Å². The van der Waals surface area contributed by atoms with E-state index >= 15 is 0 Å². The smallest absolute Gasteiger partial charge is 0.304 e. The third-order valence-electron chi connectivity index (χ3n) is 5.84.